The van der Waals surface area contributed by atoms with Gasteiger partial charge in [-0.15, -0.1) is 5.10 Å². The summed E-state index contributed by atoms with van der Waals surface area (Å²) in [5, 5.41) is 19.2. The van der Waals surface area contributed by atoms with E-state index in [2.05, 4.69) is 31.6 Å². The fourth-order valence-electron chi connectivity index (χ4n) is 1.52. The lowest BCUT2D eigenvalue weighted by Gasteiger charge is -2.07. The Balaban J connectivity index is 1.88. The molecule has 2 rings (SSSR count). The number of rotatable bonds is 5. The van der Waals surface area contributed by atoms with E-state index in [-0.39, 0.29) is 5.69 Å². The van der Waals surface area contributed by atoms with Crippen molar-refractivity contribution in [1.29, 1.82) is 0 Å². The van der Waals surface area contributed by atoms with E-state index in [4.69, 9.17) is 5.11 Å². The summed E-state index contributed by atoms with van der Waals surface area (Å²) in [6.07, 6.45) is 1.41. The number of aromatic nitrogens is 3. The molecule has 0 unspecified atom stereocenters. The summed E-state index contributed by atoms with van der Waals surface area (Å²) in [4.78, 5) is 10.6. The second-order valence-electron chi connectivity index (χ2n) is 4.06. The summed E-state index contributed by atoms with van der Waals surface area (Å²) in [5.41, 5.74) is 2.13. The van der Waals surface area contributed by atoms with E-state index in [1.165, 1.54) is 16.4 Å². The number of anilines is 1. The first kappa shape index (κ1) is 13.5. The minimum Gasteiger partial charge on any atom is -0.476 e. The maximum Gasteiger partial charge on any atom is 0.358 e. The molecule has 0 saturated heterocycles. The number of nitrogens with one attached hydrogen (secondary N) is 1. The standard InChI is InChI=1S/C12H13BrN4O2/c1-8-2-3-9(6-10(8)13)14-4-5-17-7-11(12(18)19)15-16-17/h2-3,6-7,14H,4-5H2,1H3,(H,18,19). The first-order valence-corrected chi connectivity index (χ1v) is 6.49. The van der Waals surface area contributed by atoms with Crippen LogP contribution in [0.5, 0.6) is 0 Å². The highest BCUT2D eigenvalue weighted by Gasteiger charge is 2.07. The highest BCUT2D eigenvalue weighted by molar-refractivity contribution is 9.10. The van der Waals surface area contributed by atoms with Gasteiger partial charge >= 0.3 is 5.97 Å². The van der Waals surface area contributed by atoms with E-state index in [1.54, 1.807) is 0 Å². The number of nitrogens with zero attached hydrogens (tertiary/aromatic N) is 3. The lowest BCUT2D eigenvalue weighted by molar-refractivity contribution is 0.0690. The number of carboxylic acid groups (broad SMARTS) is 1. The number of benzene rings is 1. The van der Waals surface area contributed by atoms with Gasteiger partial charge in [0.25, 0.3) is 0 Å². The summed E-state index contributed by atoms with van der Waals surface area (Å²) < 4.78 is 2.55. The van der Waals surface area contributed by atoms with Gasteiger partial charge in [-0.3, -0.25) is 0 Å². The fourth-order valence-corrected chi connectivity index (χ4v) is 1.90. The Bertz CT molecular complexity index is 597. The molecule has 2 N–H and O–H groups in total. The quantitative estimate of drug-likeness (QED) is 0.881. The van der Waals surface area contributed by atoms with E-state index in [0.717, 1.165) is 10.2 Å². The third-order valence-electron chi connectivity index (χ3n) is 2.60. The average molecular weight is 325 g/mol. The molecule has 0 radical (unpaired) electrons. The lowest BCUT2D eigenvalue weighted by Crippen LogP contribution is -2.11. The number of hydrogen-bond donors (Lipinski definition) is 2. The number of halogens is 1. The molecule has 2 aromatic rings. The second-order valence-corrected chi connectivity index (χ2v) is 4.92. The van der Waals surface area contributed by atoms with Crippen molar-refractivity contribution < 1.29 is 9.90 Å². The monoisotopic (exact) mass is 324 g/mol. The fraction of sp³-hybridized carbons (Fsp3) is 0.250. The molecule has 0 aliphatic heterocycles. The predicted molar refractivity (Wildman–Crippen MR) is 74.4 cm³/mol. The van der Waals surface area contributed by atoms with E-state index in [9.17, 15) is 4.79 Å². The van der Waals surface area contributed by atoms with Crippen LogP contribution in [0.1, 0.15) is 16.1 Å². The van der Waals surface area contributed by atoms with Crippen molar-refractivity contribution in [3.05, 3.63) is 40.1 Å². The molecule has 7 heteroatoms. The number of aromatic carboxylic acids is 1. The zero-order valence-electron chi connectivity index (χ0n) is 10.3. The minimum atomic E-state index is -1.07. The molecule has 0 aliphatic rings. The molecular weight excluding hydrogens is 312 g/mol. The highest BCUT2D eigenvalue weighted by atomic mass is 79.9. The van der Waals surface area contributed by atoms with Crippen molar-refractivity contribution in [2.24, 2.45) is 0 Å². The van der Waals surface area contributed by atoms with Crippen LogP contribution in [-0.4, -0.2) is 32.6 Å². The molecule has 100 valence electrons. The average Bonchev–Trinajstić information content (AvgIpc) is 2.83. The summed E-state index contributed by atoms with van der Waals surface area (Å²) in [6.45, 7) is 3.21. The summed E-state index contributed by atoms with van der Waals surface area (Å²) in [7, 11) is 0. The molecule has 1 aromatic carbocycles. The molecule has 0 amide bonds. The number of carboxylic acids is 1. The van der Waals surface area contributed by atoms with Crippen LogP contribution in [0, 0.1) is 6.92 Å². The Labute approximate surface area is 118 Å². The molecule has 1 heterocycles. The van der Waals surface area contributed by atoms with Crippen LogP contribution in [0.2, 0.25) is 0 Å². The predicted octanol–water partition coefficient (Wildman–Crippen LogP) is 2.16. The van der Waals surface area contributed by atoms with Gasteiger partial charge in [0.05, 0.1) is 12.7 Å². The van der Waals surface area contributed by atoms with Crippen LogP contribution in [0.4, 0.5) is 5.69 Å². The van der Waals surface area contributed by atoms with Crippen molar-refractivity contribution in [3.8, 4) is 0 Å². The van der Waals surface area contributed by atoms with Gasteiger partial charge in [-0.25, -0.2) is 9.48 Å². The van der Waals surface area contributed by atoms with Gasteiger partial charge in [0, 0.05) is 16.7 Å². The van der Waals surface area contributed by atoms with Crippen molar-refractivity contribution >= 4 is 27.6 Å². The number of aryl methyl sites for hydroxylation is 1. The topological polar surface area (TPSA) is 80.0 Å². The van der Waals surface area contributed by atoms with Gasteiger partial charge in [-0.1, -0.05) is 27.2 Å². The largest absolute Gasteiger partial charge is 0.476 e. The summed E-state index contributed by atoms with van der Waals surface area (Å²) in [5.74, 6) is -1.07. The molecule has 1 aromatic heterocycles. The normalized spacial score (nSPS) is 10.4. The molecule has 0 fully saturated rings. The van der Waals surface area contributed by atoms with Crippen LogP contribution >= 0.6 is 15.9 Å². The minimum absolute atomic E-state index is 0.0434. The zero-order chi connectivity index (χ0) is 13.8. The van der Waals surface area contributed by atoms with Crippen LogP contribution in [-0.2, 0) is 6.54 Å². The maximum absolute atomic E-state index is 10.6. The maximum atomic E-state index is 10.6. The Morgan fingerprint density at radius 2 is 2.32 bits per heavy atom. The molecule has 0 saturated carbocycles. The summed E-state index contributed by atoms with van der Waals surface area (Å²) >= 11 is 3.47. The summed E-state index contributed by atoms with van der Waals surface area (Å²) in [6, 6.07) is 6.01. The Hall–Kier alpha value is -1.89. The second kappa shape index (κ2) is 5.83. The van der Waals surface area contributed by atoms with Gasteiger partial charge in [0.2, 0.25) is 0 Å². The molecule has 6 nitrogen and oxygen atoms in total. The smallest absolute Gasteiger partial charge is 0.358 e. The van der Waals surface area contributed by atoms with Crippen LogP contribution in [0.25, 0.3) is 0 Å². The number of hydrogen-bond acceptors (Lipinski definition) is 4. The van der Waals surface area contributed by atoms with Crippen molar-refractivity contribution in [3.63, 3.8) is 0 Å². The van der Waals surface area contributed by atoms with Crippen LogP contribution in [0.3, 0.4) is 0 Å². The lowest BCUT2D eigenvalue weighted by atomic mass is 10.2. The van der Waals surface area contributed by atoms with Crippen LogP contribution < -0.4 is 5.32 Å². The highest BCUT2D eigenvalue weighted by Crippen LogP contribution is 2.20. The molecule has 0 bridgehead atoms. The third-order valence-corrected chi connectivity index (χ3v) is 3.45. The van der Waals surface area contributed by atoms with Crippen molar-refractivity contribution in [2.45, 2.75) is 13.5 Å². The Morgan fingerprint density at radius 1 is 1.53 bits per heavy atom. The van der Waals surface area contributed by atoms with Gasteiger partial charge in [0.1, 0.15) is 0 Å². The molecule has 0 spiro atoms. The van der Waals surface area contributed by atoms with E-state index in [1.807, 2.05) is 25.1 Å². The zero-order valence-corrected chi connectivity index (χ0v) is 11.9. The third kappa shape index (κ3) is 3.54. The van der Waals surface area contributed by atoms with Crippen molar-refractivity contribution in [2.75, 3.05) is 11.9 Å². The van der Waals surface area contributed by atoms with Gasteiger partial charge in [0.15, 0.2) is 5.69 Å². The molecule has 0 aliphatic carbocycles. The molecule has 19 heavy (non-hydrogen) atoms. The van der Waals surface area contributed by atoms with E-state index < -0.39 is 5.97 Å². The van der Waals surface area contributed by atoms with Crippen molar-refractivity contribution in [1.82, 2.24) is 15.0 Å². The first-order chi connectivity index (χ1) is 9.06. The first-order valence-electron chi connectivity index (χ1n) is 5.70. The molecule has 0 atom stereocenters. The Morgan fingerprint density at radius 3 is 2.95 bits per heavy atom. The number of carbonyl (C=O) groups is 1. The Kier molecular flexibility index (Phi) is 4.16. The van der Waals surface area contributed by atoms with E-state index >= 15 is 0 Å². The van der Waals surface area contributed by atoms with Crippen LogP contribution in [0.15, 0.2) is 28.9 Å². The van der Waals surface area contributed by atoms with E-state index in [0.29, 0.717) is 13.1 Å². The van der Waals surface area contributed by atoms with Gasteiger partial charge in [-0.05, 0) is 24.6 Å². The SMILES string of the molecule is Cc1ccc(NCCn2cc(C(=O)O)nn2)cc1Br. The van der Waals surface area contributed by atoms with Gasteiger partial charge in [-0.2, -0.15) is 0 Å². The van der Waals surface area contributed by atoms with Gasteiger partial charge < -0.3 is 10.4 Å². The molecular formula is C12H13BrN4O2.